The first-order chi connectivity index (χ1) is 15.3. The summed E-state index contributed by atoms with van der Waals surface area (Å²) >= 11 is 12.0. The SMILES string of the molecule is CC1CCC(N(C)CCCN2CCN(C(=O)C=Cc3ccc(Cl)c(Cl)c3)CCC2=O)CC1. The molecule has 1 saturated heterocycles. The first kappa shape index (κ1) is 25.1. The van der Waals surface area contributed by atoms with Gasteiger partial charge in [-0.25, -0.2) is 0 Å². The normalized spacial score (nSPS) is 22.6. The third-order valence-electron chi connectivity index (χ3n) is 6.81. The van der Waals surface area contributed by atoms with Crippen molar-refractivity contribution in [2.75, 3.05) is 39.8 Å². The number of hydrogen-bond acceptors (Lipinski definition) is 3. The lowest BCUT2D eigenvalue weighted by molar-refractivity contribution is -0.130. The van der Waals surface area contributed by atoms with Crippen LogP contribution in [0.15, 0.2) is 24.3 Å². The maximum atomic E-state index is 12.6. The Balaban J connectivity index is 1.44. The van der Waals surface area contributed by atoms with E-state index >= 15 is 0 Å². The van der Waals surface area contributed by atoms with E-state index in [-0.39, 0.29) is 11.8 Å². The molecule has 1 aliphatic carbocycles. The molecule has 1 aromatic carbocycles. The molecule has 2 fully saturated rings. The average Bonchev–Trinajstić information content (AvgIpc) is 2.96. The van der Waals surface area contributed by atoms with E-state index in [9.17, 15) is 9.59 Å². The molecular weight excluding hydrogens is 445 g/mol. The van der Waals surface area contributed by atoms with Crippen LogP contribution in [0, 0.1) is 5.92 Å². The third kappa shape index (κ3) is 7.23. The second-order valence-electron chi connectivity index (χ2n) is 9.21. The number of hydrogen-bond donors (Lipinski definition) is 0. The second-order valence-corrected chi connectivity index (χ2v) is 10.0. The molecule has 0 bridgehead atoms. The Labute approximate surface area is 202 Å². The Morgan fingerprint density at radius 1 is 1.12 bits per heavy atom. The molecule has 1 heterocycles. The van der Waals surface area contributed by atoms with E-state index < -0.39 is 0 Å². The lowest BCUT2D eigenvalue weighted by atomic mass is 9.87. The number of nitrogens with zero attached hydrogens (tertiary/aromatic N) is 3. The maximum absolute atomic E-state index is 12.6. The molecule has 176 valence electrons. The Bertz CT molecular complexity index is 821. The summed E-state index contributed by atoms with van der Waals surface area (Å²) in [5.74, 6) is 0.916. The molecule has 0 radical (unpaired) electrons. The maximum Gasteiger partial charge on any atom is 0.246 e. The summed E-state index contributed by atoms with van der Waals surface area (Å²) in [6.07, 6.45) is 9.84. The summed E-state index contributed by atoms with van der Waals surface area (Å²) in [4.78, 5) is 31.4. The highest BCUT2D eigenvalue weighted by Crippen LogP contribution is 2.26. The monoisotopic (exact) mass is 479 g/mol. The predicted molar refractivity (Wildman–Crippen MR) is 132 cm³/mol. The zero-order valence-corrected chi connectivity index (χ0v) is 20.7. The largest absolute Gasteiger partial charge is 0.341 e. The van der Waals surface area contributed by atoms with Gasteiger partial charge in [0.05, 0.1) is 10.0 Å². The summed E-state index contributed by atoms with van der Waals surface area (Å²) in [5, 5.41) is 0.946. The summed E-state index contributed by atoms with van der Waals surface area (Å²) in [7, 11) is 2.21. The molecule has 0 atom stereocenters. The Kier molecular flexibility index (Phi) is 9.45. The molecule has 0 spiro atoms. The van der Waals surface area contributed by atoms with Crippen molar-refractivity contribution in [1.82, 2.24) is 14.7 Å². The lowest BCUT2D eigenvalue weighted by Crippen LogP contribution is -2.39. The zero-order valence-electron chi connectivity index (χ0n) is 19.2. The molecule has 32 heavy (non-hydrogen) atoms. The van der Waals surface area contributed by atoms with Gasteiger partial charge < -0.3 is 14.7 Å². The van der Waals surface area contributed by atoms with Crippen molar-refractivity contribution in [3.63, 3.8) is 0 Å². The van der Waals surface area contributed by atoms with E-state index in [2.05, 4.69) is 18.9 Å². The lowest BCUT2D eigenvalue weighted by Gasteiger charge is -2.34. The molecule has 1 saturated carbocycles. The van der Waals surface area contributed by atoms with Gasteiger partial charge in [-0.3, -0.25) is 9.59 Å². The van der Waals surface area contributed by atoms with Crippen molar-refractivity contribution in [2.45, 2.75) is 51.5 Å². The van der Waals surface area contributed by atoms with Gasteiger partial charge in [0.25, 0.3) is 0 Å². The molecule has 2 aliphatic rings. The fourth-order valence-corrected chi connectivity index (χ4v) is 4.90. The zero-order chi connectivity index (χ0) is 23.1. The minimum absolute atomic E-state index is 0.0861. The Morgan fingerprint density at radius 2 is 1.88 bits per heavy atom. The fraction of sp³-hybridized carbons (Fsp3) is 0.600. The first-order valence-corrected chi connectivity index (χ1v) is 12.5. The minimum Gasteiger partial charge on any atom is -0.341 e. The van der Waals surface area contributed by atoms with Crippen molar-refractivity contribution < 1.29 is 9.59 Å². The second kappa shape index (κ2) is 12.1. The number of halogens is 2. The summed E-state index contributed by atoms with van der Waals surface area (Å²) in [6.45, 7) is 5.73. The van der Waals surface area contributed by atoms with E-state index in [0.29, 0.717) is 42.1 Å². The van der Waals surface area contributed by atoms with Gasteiger partial charge in [0, 0.05) is 44.7 Å². The summed E-state index contributed by atoms with van der Waals surface area (Å²) in [5.41, 5.74) is 0.816. The van der Waals surface area contributed by atoms with Gasteiger partial charge in [-0.05, 0) is 75.4 Å². The van der Waals surface area contributed by atoms with Crippen LogP contribution in [0.4, 0.5) is 0 Å². The quantitative estimate of drug-likeness (QED) is 0.518. The smallest absolute Gasteiger partial charge is 0.246 e. The summed E-state index contributed by atoms with van der Waals surface area (Å²) in [6, 6.07) is 5.94. The number of rotatable bonds is 7. The molecule has 2 amide bonds. The number of amides is 2. The van der Waals surface area contributed by atoms with Gasteiger partial charge in [0.1, 0.15) is 0 Å². The molecule has 7 heteroatoms. The van der Waals surface area contributed by atoms with Gasteiger partial charge in [-0.15, -0.1) is 0 Å². The van der Waals surface area contributed by atoms with Crippen LogP contribution in [0.2, 0.25) is 10.0 Å². The third-order valence-corrected chi connectivity index (χ3v) is 7.55. The van der Waals surface area contributed by atoms with E-state index in [1.54, 1.807) is 29.2 Å². The topological polar surface area (TPSA) is 43.9 Å². The van der Waals surface area contributed by atoms with Crippen LogP contribution in [0.25, 0.3) is 6.08 Å². The molecule has 3 rings (SSSR count). The highest BCUT2D eigenvalue weighted by atomic mass is 35.5. The number of carbonyl (C=O) groups excluding carboxylic acids is 2. The molecular formula is C25H35Cl2N3O2. The van der Waals surface area contributed by atoms with Crippen LogP contribution in [-0.2, 0) is 9.59 Å². The van der Waals surface area contributed by atoms with Crippen LogP contribution >= 0.6 is 23.2 Å². The van der Waals surface area contributed by atoms with Crippen molar-refractivity contribution >= 4 is 41.1 Å². The predicted octanol–water partition coefficient (Wildman–Crippen LogP) is 4.97. The van der Waals surface area contributed by atoms with E-state index in [0.717, 1.165) is 31.0 Å². The van der Waals surface area contributed by atoms with Crippen molar-refractivity contribution in [2.24, 2.45) is 5.92 Å². The fourth-order valence-electron chi connectivity index (χ4n) is 4.59. The highest BCUT2D eigenvalue weighted by molar-refractivity contribution is 6.42. The van der Waals surface area contributed by atoms with Crippen molar-refractivity contribution in [1.29, 1.82) is 0 Å². The average molecular weight is 480 g/mol. The van der Waals surface area contributed by atoms with Crippen molar-refractivity contribution in [3.8, 4) is 0 Å². The van der Waals surface area contributed by atoms with Gasteiger partial charge in [-0.2, -0.15) is 0 Å². The van der Waals surface area contributed by atoms with Crippen LogP contribution in [0.3, 0.4) is 0 Å². The Hall–Kier alpha value is -1.56. The van der Waals surface area contributed by atoms with E-state index in [1.165, 1.54) is 25.7 Å². The molecule has 0 aromatic heterocycles. The van der Waals surface area contributed by atoms with Gasteiger partial charge in [-0.1, -0.05) is 36.2 Å². The van der Waals surface area contributed by atoms with Crippen LogP contribution in [0.1, 0.15) is 51.0 Å². The standard InChI is InChI=1S/C25H35Cl2N3O2/c1-19-4-8-21(9-5-19)28(2)13-3-14-29-16-17-30(15-12-25(29)32)24(31)11-7-20-6-10-22(26)23(27)18-20/h6-7,10-11,18-19,21H,3-5,8-9,12-17H2,1-2H3. The van der Waals surface area contributed by atoms with E-state index in [4.69, 9.17) is 23.2 Å². The number of carbonyl (C=O) groups is 2. The van der Waals surface area contributed by atoms with Crippen LogP contribution < -0.4 is 0 Å². The highest BCUT2D eigenvalue weighted by Gasteiger charge is 2.24. The molecule has 5 nitrogen and oxygen atoms in total. The minimum atomic E-state index is -0.0861. The Morgan fingerprint density at radius 3 is 2.59 bits per heavy atom. The van der Waals surface area contributed by atoms with Crippen LogP contribution in [-0.4, -0.2) is 72.3 Å². The number of benzene rings is 1. The summed E-state index contributed by atoms with van der Waals surface area (Å²) < 4.78 is 0. The van der Waals surface area contributed by atoms with Gasteiger partial charge in [0.2, 0.25) is 11.8 Å². The van der Waals surface area contributed by atoms with Crippen LogP contribution in [0.5, 0.6) is 0 Å². The van der Waals surface area contributed by atoms with Gasteiger partial charge >= 0.3 is 0 Å². The molecule has 0 N–H and O–H groups in total. The van der Waals surface area contributed by atoms with E-state index in [1.807, 2.05) is 11.0 Å². The molecule has 1 aliphatic heterocycles. The molecule has 0 unspecified atom stereocenters. The first-order valence-electron chi connectivity index (χ1n) is 11.7. The molecule has 1 aromatic rings. The van der Waals surface area contributed by atoms with Gasteiger partial charge in [0.15, 0.2) is 0 Å². The van der Waals surface area contributed by atoms with Crippen molar-refractivity contribution in [3.05, 3.63) is 39.9 Å².